The van der Waals surface area contributed by atoms with Crippen molar-refractivity contribution in [3.05, 3.63) is 47.4 Å². The van der Waals surface area contributed by atoms with Crippen LogP contribution in [-0.2, 0) is 0 Å². The van der Waals surface area contributed by atoms with E-state index in [4.69, 9.17) is 0 Å². The lowest BCUT2D eigenvalue weighted by atomic mass is 10.2. The second-order valence-corrected chi connectivity index (χ2v) is 2.40. The van der Waals surface area contributed by atoms with Crippen molar-refractivity contribution in [2.24, 2.45) is 0 Å². The fourth-order valence-electron chi connectivity index (χ4n) is 0.816. The summed E-state index contributed by atoms with van der Waals surface area (Å²) in [4.78, 5) is 0. The van der Waals surface area contributed by atoms with Crippen LogP contribution in [0.3, 0.4) is 0 Å². The monoisotopic (exact) mass is 236 g/mol. The lowest BCUT2D eigenvalue weighted by molar-refractivity contribution is 1.50. The van der Waals surface area contributed by atoms with Crippen LogP contribution in [-0.4, -0.2) is 0 Å². The van der Waals surface area contributed by atoms with Crippen LogP contribution in [0.4, 0.5) is 0 Å². The molecule has 0 unspecified atom stereocenters. The molecule has 0 fully saturated rings. The third-order valence-corrected chi connectivity index (χ3v) is 1.37. The van der Waals surface area contributed by atoms with Crippen molar-refractivity contribution < 1.29 is 0 Å². The van der Waals surface area contributed by atoms with Crippen molar-refractivity contribution in [3.8, 4) is 0 Å². The average molecular weight is 236 g/mol. The highest BCUT2D eigenvalue weighted by molar-refractivity contribution is 5.23. The van der Waals surface area contributed by atoms with Crippen molar-refractivity contribution in [3.63, 3.8) is 0 Å². The molecule has 0 amide bonds. The molecule has 0 spiro atoms. The molecule has 0 heterocycles. The number of rotatable bonds is 0. The number of hydrogen-bond acceptors (Lipinski definition) is 0. The van der Waals surface area contributed by atoms with Gasteiger partial charge in [0.15, 0.2) is 0 Å². The molecule has 100 valence electrons. The van der Waals surface area contributed by atoms with Crippen LogP contribution in [0.1, 0.15) is 49.0 Å². The van der Waals surface area contributed by atoms with E-state index >= 15 is 0 Å². The lowest BCUT2D eigenvalue weighted by Crippen LogP contribution is -2.20. The Kier molecular flexibility index (Phi) is 35.1. The van der Waals surface area contributed by atoms with Crippen LogP contribution < -0.4 is 10.4 Å². The number of hydrogen-bond donors (Lipinski definition) is 0. The van der Waals surface area contributed by atoms with Crippen LogP contribution >= 0.6 is 0 Å². The minimum Gasteiger partial charge on any atom is -0.103 e. The van der Waals surface area contributed by atoms with Crippen LogP contribution in [0.5, 0.6) is 0 Å². The van der Waals surface area contributed by atoms with E-state index in [1.54, 1.807) is 6.08 Å². The van der Waals surface area contributed by atoms with E-state index in [0.29, 0.717) is 0 Å². The Bertz CT molecular complexity index is 320. The number of benzene rings is 1. The van der Waals surface area contributed by atoms with Crippen molar-refractivity contribution in [2.45, 2.75) is 49.0 Å². The quantitative estimate of drug-likeness (QED) is 0.569. The first-order valence-corrected chi connectivity index (χ1v) is 6.03. The molecule has 0 nitrogen and oxygen atoms in total. The Labute approximate surface area is 109 Å². The maximum Gasteiger partial charge on any atom is -0.0233 e. The molecular weight excluding hydrogens is 204 g/mol. The minimum absolute atomic E-state index is 0. The zero-order valence-electron chi connectivity index (χ0n) is 11.9. The second kappa shape index (κ2) is 24.1. The number of allylic oxidation sites excluding steroid dienone is 1. The topological polar surface area (TPSA) is 0 Å². The predicted molar refractivity (Wildman–Crippen MR) is 86.7 cm³/mol. The molecule has 1 aromatic rings. The van der Waals surface area contributed by atoms with Gasteiger partial charge in [0.1, 0.15) is 0 Å². The third-order valence-electron chi connectivity index (χ3n) is 1.37. The summed E-state index contributed by atoms with van der Waals surface area (Å²) >= 11 is 0. The Morgan fingerprint density at radius 2 is 1.29 bits per heavy atom. The highest BCUT2D eigenvalue weighted by Gasteiger charge is 1.74. The molecule has 1 aromatic carbocycles. The Morgan fingerprint density at radius 3 is 1.53 bits per heavy atom. The molecule has 0 heteroatoms. The summed E-state index contributed by atoms with van der Waals surface area (Å²) in [5.41, 5.74) is 0. The molecule has 0 aromatic heterocycles. The summed E-state index contributed by atoms with van der Waals surface area (Å²) in [7, 11) is 0. The third kappa shape index (κ3) is 17.3. The fraction of sp³-hybridized carbons (Fsp3) is 0.412. The van der Waals surface area contributed by atoms with Crippen LogP contribution in [0.2, 0.25) is 0 Å². The summed E-state index contributed by atoms with van der Waals surface area (Å²) in [6.07, 6.45) is 3.81. The molecule has 0 saturated carbocycles. The molecule has 0 bridgehead atoms. The molecule has 0 N–H and O–H groups in total. The van der Waals surface area contributed by atoms with Gasteiger partial charge in [0, 0.05) is 0 Å². The van der Waals surface area contributed by atoms with Crippen molar-refractivity contribution in [1.29, 1.82) is 0 Å². The zero-order valence-corrected chi connectivity index (χ0v) is 11.9. The van der Waals surface area contributed by atoms with Crippen molar-refractivity contribution in [2.75, 3.05) is 0 Å². The van der Waals surface area contributed by atoms with Crippen LogP contribution in [0.25, 0.3) is 12.7 Å². The van der Waals surface area contributed by atoms with Gasteiger partial charge in [0.25, 0.3) is 0 Å². The van der Waals surface area contributed by atoms with Crippen LogP contribution in [0.15, 0.2) is 36.9 Å². The van der Waals surface area contributed by atoms with Crippen molar-refractivity contribution in [1.82, 2.24) is 0 Å². The van der Waals surface area contributed by atoms with Gasteiger partial charge < -0.3 is 0 Å². The van der Waals surface area contributed by atoms with Gasteiger partial charge in [-0.3, -0.25) is 0 Å². The summed E-state index contributed by atoms with van der Waals surface area (Å²) in [5, 5.41) is 2.32. The first-order chi connectivity index (χ1) is 7.76. The molecule has 17 heavy (non-hydrogen) atoms. The van der Waals surface area contributed by atoms with Gasteiger partial charge in [0.05, 0.1) is 0 Å². The molecule has 0 aliphatic carbocycles. The van der Waals surface area contributed by atoms with Gasteiger partial charge in [0.2, 0.25) is 0 Å². The van der Waals surface area contributed by atoms with Gasteiger partial charge in [-0.15, -0.1) is 6.58 Å². The highest BCUT2D eigenvalue weighted by Crippen LogP contribution is 1.68. The van der Waals surface area contributed by atoms with Gasteiger partial charge in [-0.05, 0) is 24.3 Å². The lowest BCUT2D eigenvalue weighted by Gasteiger charge is -1.82. The van der Waals surface area contributed by atoms with E-state index in [9.17, 15) is 0 Å². The van der Waals surface area contributed by atoms with Crippen molar-refractivity contribution >= 4 is 12.7 Å². The molecule has 1 rings (SSSR count). The smallest absolute Gasteiger partial charge is 0.0233 e. The summed E-state index contributed by atoms with van der Waals surface area (Å²) in [5.74, 6) is 0. The maximum absolute atomic E-state index is 3.86. The summed E-state index contributed by atoms with van der Waals surface area (Å²) in [6.45, 7) is 19.1. The molecule has 0 radical (unpaired) electrons. The Hall–Kier alpha value is -1.30. The zero-order chi connectivity index (χ0) is 13.4. The van der Waals surface area contributed by atoms with E-state index < -0.39 is 0 Å². The molecule has 0 saturated heterocycles. The minimum atomic E-state index is 0. The average Bonchev–Trinajstić information content (AvgIpc) is 2.36. The first kappa shape index (κ1) is 24.8. The largest absolute Gasteiger partial charge is 0.103 e. The predicted octanol–water partition coefficient (Wildman–Crippen LogP) is 4.78. The van der Waals surface area contributed by atoms with E-state index in [0.717, 1.165) is 5.22 Å². The highest BCUT2D eigenvalue weighted by atomic mass is 13.8. The van der Waals surface area contributed by atoms with E-state index in [-0.39, 0.29) is 7.43 Å². The summed E-state index contributed by atoms with van der Waals surface area (Å²) < 4.78 is 0. The van der Waals surface area contributed by atoms with Gasteiger partial charge in [-0.1, -0.05) is 78.1 Å². The Morgan fingerprint density at radius 1 is 0.941 bits per heavy atom. The van der Waals surface area contributed by atoms with Gasteiger partial charge >= 0.3 is 0 Å². The van der Waals surface area contributed by atoms with Gasteiger partial charge in [-0.25, -0.2) is 0 Å². The van der Waals surface area contributed by atoms with E-state index in [1.165, 1.54) is 5.22 Å². The summed E-state index contributed by atoms with van der Waals surface area (Å²) in [6, 6.07) is 8.08. The molecular formula is C17H32. The molecule has 0 aliphatic heterocycles. The van der Waals surface area contributed by atoms with E-state index in [2.05, 4.69) is 25.3 Å². The fourth-order valence-corrected chi connectivity index (χ4v) is 0.816. The maximum atomic E-state index is 3.86. The van der Waals surface area contributed by atoms with E-state index in [1.807, 2.05) is 59.7 Å². The van der Waals surface area contributed by atoms with Crippen LogP contribution in [0, 0.1) is 0 Å². The molecule has 0 aliphatic rings. The normalized spacial score (nSPS) is 7.76. The Balaban J connectivity index is -0.0000000911. The molecule has 0 atom stereocenters. The standard InChI is InChI=1S/C9H10.C3H6.2C2H6.CH4/c1-3-9-7-5-4-6-8(9)2;1-3-2;2*1-2;/h3-7H,2H2,1H3;3H,1H2,2H3;2*1-2H3;1H4/b9-3-;;;;. The van der Waals surface area contributed by atoms with Gasteiger partial charge in [-0.2, -0.15) is 0 Å². The SMILES string of the molecule is C.C=CC.C=c1cccc/c1=C/C.CC.CC. The second-order valence-electron chi connectivity index (χ2n) is 2.40. The first-order valence-electron chi connectivity index (χ1n) is 6.03.